The van der Waals surface area contributed by atoms with Crippen molar-refractivity contribution in [2.24, 2.45) is 11.8 Å². The van der Waals surface area contributed by atoms with Crippen molar-refractivity contribution in [3.63, 3.8) is 0 Å². The second-order valence-corrected chi connectivity index (χ2v) is 23.4. The Bertz CT molecular complexity index is 1630. The van der Waals surface area contributed by atoms with Crippen molar-refractivity contribution in [2.75, 3.05) is 52.9 Å². The highest BCUT2D eigenvalue weighted by atomic mass is 16.5. The molecular weight excluding hydrogens is 965 g/mol. The maximum atomic E-state index is 6.33. The molecule has 446 valence electrons. The molecule has 0 spiro atoms. The quantitative estimate of drug-likeness (QED) is 0.0407. The predicted octanol–water partition coefficient (Wildman–Crippen LogP) is 19.2. The zero-order valence-corrected chi connectivity index (χ0v) is 51.3. The average molecular weight is 1090 g/mol. The standard InChI is InChI=1S/C68H120N6O4/c1-6-11-15-19-23-27-31-35-39-43-47-75-58-63(59-76-48-44-40-36-32-28-24-20-16-12-7-2)54-73-56-67(69-71-73)65-51-62(10-5)52-66(53-65)68-57-74(72-70-68)55-64(60-77-49-45-41-37-33-29-25-21-17-13-8-3)61-78-50-46-42-38-34-30-26-22-18-14-9-4/h5,51-53,56-57,63-64H,6-9,11-50,54-55,58-61H2,1-4H3. The molecule has 0 unspecified atom stereocenters. The first kappa shape index (κ1) is 69.2. The summed E-state index contributed by atoms with van der Waals surface area (Å²) in [5.74, 6) is 3.22. The van der Waals surface area contributed by atoms with Crippen LogP contribution in [0.3, 0.4) is 0 Å². The lowest BCUT2D eigenvalue weighted by atomic mass is 10.0. The smallest absolute Gasteiger partial charge is 0.113 e. The second kappa shape index (κ2) is 50.8. The van der Waals surface area contributed by atoms with Gasteiger partial charge in [0.05, 0.1) is 38.8 Å². The van der Waals surface area contributed by atoms with Crippen LogP contribution in [0.25, 0.3) is 22.5 Å². The van der Waals surface area contributed by atoms with E-state index in [2.05, 4.69) is 60.3 Å². The zero-order chi connectivity index (χ0) is 55.5. The van der Waals surface area contributed by atoms with Gasteiger partial charge in [-0.15, -0.1) is 16.6 Å². The van der Waals surface area contributed by atoms with E-state index in [1.807, 2.05) is 33.9 Å². The van der Waals surface area contributed by atoms with Gasteiger partial charge in [-0.3, -0.25) is 9.36 Å². The molecular formula is C68H120N6O4. The maximum Gasteiger partial charge on any atom is 0.113 e. The van der Waals surface area contributed by atoms with Crippen molar-refractivity contribution >= 4 is 0 Å². The van der Waals surface area contributed by atoms with Crippen LogP contribution < -0.4 is 0 Å². The number of terminal acetylenes is 1. The molecule has 0 aliphatic rings. The van der Waals surface area contributed by atoms with Crippen molar-refractivity contribution < 1.29 is 18.9 Å². The van der Waals surface area contributed by atoms with E-state index in [-0.39, 0.29) is 11.8 Å². The highest BCUT2D eigenvalue weighted by molar-refractivity contribution is 5.71. The van der Waals surface area contributed by atoms with Crippen LogP contribution in [0.15, 0.2) is 30.6 Å². The predicted molar refractivity (Wildman–Crippen MR) is 330 cm³/mol. The average Bonchev–Trinajstić information content (AvgIpc) is 4.14. The van der Waals surface area contributed by atoms with Crippen LogP contribution in [0.1, 0.15) is 290 Å². The van der Waals surface area contributed by atoms with E-state index in [9.17, 15) is 0 Å². The maximum absolute atomic E-state index is 6.33. The summed E-state index contributed by atoms with van der Waals surface area (Å²) in [6, 6.07) is 6.13. The lowest BCUT2D eigenvalue weighted by Gasteiger charge is -2.17. The molecule has 0 amide bonds. The molecule has 1 aromatic carbocycles. The Hall–Kier alpha value is -3.10. The number of aromatic nitrogens is 6. The van der Waals surface area contributed by atoms with Crippen molar-refractivity contribution in [3.8, 4) is 34.9 Å². The molecule has 10 heteroatoms. The Kier molecular flexibility index (Phi) is 45.1. The van der Waals surface area contributed by atoms with Crippen molar-refractivity contribution in [1.29, 1.82) is 0 Å². The minimum atomic E-state index is 0.174. The first-order valence-electron chi connectivity index (χ1n) is 33.3. The molecule has 0 radical (unpaired) electrons. The van der Waals surface area contributed by atoms with Crippen LogP contribution in [0.2, 0.25) is 0 Å². The van der Waals surface area contributed by atoms with E-state index in [4.69, 9.17) is 25.4 Å². The van der Waals surface area contributed by atoms with E-state index < -0.39 is 0 Å². The SMILES string of the molecule is C#Cc1cc(-c2cn(CC(COCCCCCCCCCCCC)COCCCCCCCCCCCC)nn2)cc(-c2cn(CC(COCCCCCCCCCCCC)COCCCCCCCCCCCC)nn2)c1. The van der Waals surface area contributed by atoms with Gasteiger partial charge in [-0.1, -0.05) is 275 Å². The minimum Gasteiger partial charge on any atom is -0.381 e. The molecule has 2 heterocycles. The third-order valence-corrected chi connectivity index (χ3v) is 15.6. The van der Waals surface area contributed by atoms with Crippen molar-refractivity contribution in [1.82, 2.24) is 30.0 Å². The molecule has 10 nitrogen and oxygen atoms in total. The van der Waals surface area contributed by atoms with Gasteiger partial charge in [-0.05, 0) is 43.9 Å². The number of nitrogens with zero attached hydrogens (tertiary/aromatic N) is 6. The van der Waals surface area contributed by atoms with Gasteiger partial charge < -0.3 is 18.9 Å². The fourth-order valence-electron chi connectivity index (χ4n) is 10.6. The van der Waals surface area contributed by atoms with Crippen LogP contribution in [0.4, 0.5) is 0 Å². The first-order chi connectivity index (χ1) is 38.6. The number of hydrogen-bond donors (Lipinski definition) is 0. The Labute approximate surface area is 480 Å². The minimum absolute atomic E-state index is 0.174. The lowest BCUT2D eigenvalue weighted by Crippen LogP contribution is -2.23. The fourth-order valence-corrected chi connectivity index (χ4v) is 10.6. The molecule has 3 aromatic rings. The number of rotatable bonds is 58. The van der Waals surface area contributed by atoms with Gasteiger partial charge in [-0.25, -0.2) is 0 Å². The van der Waals surface area contributed by atoms with Crippen LogP contribution in [-0.4, -0.2) is 82.8 Å². The number of unbranched alkanes of at least 4 members (excludes halogenated alkanes) is 36. The molecule has 0 aliphatic carbocycles. The van der Waals surface area contributed by atoms with Crippen LogP contribution >= 0.6 is 0 Å². The summed E-state index contributed by atoms with van der Waals surface area (Å²) in [7, 11) is 0. The molecule has 0 fully saturated rings. The highest BCUT2D eigenvalue weighted by Gasteiger charge is 2.17. The number of benzene rings is 1. The normalized spacial score (nSPS) is 11.8. The molecule has 0 saturated carbocycles. The molecule has 2 aromatic heterocycles. The van der Waals surface area contributed by atoms with Crippen LogP contribution in [-0.2, 0) is 32.0 Å². The molecule has 0 atom stereocenters. The van der Waals surface area contributed by atoms with E-state index in [1.165, 1.54) is 231 Å². The lowest BCUT2D eigenvalue weighted by molar-refractivity contribution is 0.0288. The Balaban J connectivity index is 1.57. The van der Waals surface area contributed by atoms with E-state index in [0.717, 1.165) is 80.2 Å². The van der Waals surface area contributed by atoms with Gasteiger partial charge in [0.15, 0.2) is 0 Å². The Morgan fingerprint density at radius 2 is 0.603 bits per heavy atom. The largest absolute Gasteiger partial charge is 0.381 e. The second-order valence-electron chi connectivity index (χ2n) is 23.4. The third-order valence-electron chi connectivity index (χ3n) is 15.6. The molecule has 0 bridgehead atoms. The Morgan fingerprint density at radius 1 is 0.359 bits per heavy atom. The van der Waals surface area contributed by atoms with Gasteiger partial charge in [-0.2, -0.15) is 0 Å². The van der Waals surface area contributed by atoms with E-state index in [1.54, 1.807) is 0 Å². The summed E-state index contributed by atoms with van der Waals surface area (Å²) in [4.78, 5) is 0. The summed E-state index contributed by atoms with van der Waals surface area (Å²) >= 11 is 0. The van der Waals surface area contributed by atoms with E-state index in [0.29, 0.717) is 39.5 Å². The number of hydrogen-bond acceptors (Lipinski definition) is 8. The van der Waals surface area contributed by atoms with Gasteiger partial charge in [0.25, 0.3) is 0 Å². The molecule has 78 heavy (non-hydrogen) atoms. The molecule has 0 N–H and O–H groups in total. The molecule has 3 rings (SSSR count). The Morgan fingerprint density at radius 3 is 0.846 bits per heavy atom. The topological polar surface area (TPSA) is 98.3 Å². The summed E-state index contributed by atoms with van der Waals surface area (Å²) in [5, 5.41) is 18.6. The van der Waals surface area contributed by atoms with Gasteiger partial charge in [0.1, 0.15) is 11.4 Å². The summed E-state index contributed by atoms with van der Waals surface area (Å²) < 4.78 is 29.2. The van der Waals surface area contributed by atoms with Gasteiger partial charge in [0, 0.05) is 68.0 Å². The van der Waals surface area contributed by atoms with E-state index >= 15 is 0 Å². The zero-order valence-electron chi connectivity index (χ0n) is 51.3. The third kappa shape index (κ3) is 37.0. The molecule has 0 saturated heterocycles. The first-order valence-corrected chi connectivity index (χ1v) is 33.3. The summed E-state index contributed by atoms with van der Waals surface area (Å²) in [5.41, 5.74) is 4.13. The summed E-state index contributed by atoms with van der Waals surface area (Å²) in [6.07, 6.45) is 63.0. The van der Waals surface area contributed by atoms with Crippen molar-refractivity contribution in [3.05, 3.63) is 36.2 Å². The van der Waals surface area contributed by atoms with Crippen molar-refractivity contribution in [2.45, 2.75) is 298 Å². The van der Waals surface area contributed by atoms with Gasteiger partial charge in [0.2, 0.25) is 0 Å². The monoisotopic (exact) mass is 1080 g/mol. The highest BCUT2D eigenvalue weighted by Crippen LogP contribution is 2.27. The summed E-state index contributed by atoms with van der Waals surface area (Å²) in [6.45, 7) is 16.3. The number of ether oxygens (including phenoxy) is 4. The van der Waals surface area contributed by atoms with Crippen LogP contribution in [0, 0.1) is 24.2 Å². The fraction of sp³-hybridized carbons (Fsp3) is 0.824. The molecule has 0 aliphatic heterocycles. The van der Waals surface area contributed by atoms with Gasteiger partial charge >= 0.3 is 0 Å². The van der Waals surface area contributed by atoms with Crippen LogP contribution in [0.5, 0.6) is 0 Å².